The first-order chi connectivity index (χ1) is 12.6. The molecule has 0 aliphatic heterocycles. The molecule has 2 aromatic rings. The Kier molecular flexibility index (Phi) is 6.54. The van der Waals surface area contributed by atoms with Crippen molar-refractivity contribution < 1.29 is 9.59 Å². The summed E-state index contributed by atoms with van der Waals surface area (Å²) in [4.78, 5) is 27.5. The molecule has 1 aromatic carbocycles. The molecule has 0 fully saturated rings. The maximum Gasteiger partial charge on any atom is 0.249 e. The van der Waals surface area contributed by atoms with Crippen LogP contribution in [0.2, 0.25) is 5.02 Å². The summed E-state index contributed by atoms with van der Waals surface area (Å²) >= 11 is 5.89. The van der Waals surface area contributed by atoms with Crippen LogP contribution in [0.1, 0.15) is 40.2 Å². The van der Waals surface area contributed by atoms with Crippen LogP contribution in [0, 0.1) is 0 Å². The second-order valence-electron chi connectivity index (χ2n) is 7.36. The lowest BCUT2D eigenvalue weighted by Crippen LogP contribution is -2.47. The first-order valence-corrected chi connectivity index (χ1v) is 9.10. The van der Waals surface area contributed by atoms with Crippen LogP contribution in [0.15, 0.2) is 24.3 Å². The molecule has 2 rings (SSSR count). The summed E-state index contributed by atoms with van der Waals surface area (Å²) in [6.45, 7) is 7.49. The number of amides is 2. The van der Waals surface area contributed by atoms with Gasteiger partial charge in [-0.3, -0.25) is 9.59 Å². The fraction of sp³-hybridized carbons (Fsp3) is 0.500. The molecule has 27 heavy (non-hydrogen) atoms. The Bertz CT molecular complexity index is 797. The third-order valence-electron chi connectivity index (χ3n) is 3.75. The molecule has 146 valence electrons. The van der Waals surface area contributed by atoms with E-state index in [1.165, 1.54) is 9.70 Å². The van der Waals surface area contributed by atoms with E-state index in [1.807, 2.05) is 27.7 Å². The number of hydrogen-bond donors (Lipinski definition) is 1. The number of rotatable bonds is 6. The SMILES string of the molecule is CCC(C(=O)N(C)CC(=O)NC(C)(C)C)n1nnc(-c2ccc(Cl)cc2)n1. The molecule has 0 bridgehead atoms. The van der Waals surface area contributed by atoms with Gasteiger partial charge < -0.3 is 10.2 Å². The smallest absolute Gasteiger partial charge is 0.249 e. The zero-order valence-corrected chi connectivity index (χ0v) is 17.0. The van der Waals surface area contributed by atoms with E-state index in [0.29, 0.717) is 17.3 Å². The Labute approximate surface area is 163 Å². The lowest BCUT2D eigenvalue weighted by Gasteiger charge is -2.25. The minimum atomic E-state index is -0.633. The molecule has 2 amide bonds. The van der Waals surface area contributed by atoms with Gasteiger partial charge in [0.2, 0.25) is 17.6 Å². The summed E-state index contributed by atoms with van der Waals surface area (Å²) in [5, 5.41) is 15.8. The standard InChI is InChI=1S/C18H25ClN6O2/c1-6-14(17(27)24(5)11-15(26)20-18(2,3)4)25-22-16(21-23-25)12-7-9-13(19)10-8-12/h7-10,14H,6,11H2,1-5H3,(H,20,26). The van der Waals surface area contributed by atoms with Crippen LogP contribution >= 0.6 is 11.6 Å². The van der Waals surface area contributed by atoms with Gasteiger partial charge in [-0.15, -0.1) is 10.2 Å². The average molecular weight is 393 g/mol. The number of halogens is 1. The van der Waals surface area contributed by atoms with E-state index in [1.54, 1.807) is 31.3 Å². The van der Waals surface area contributed by atoms with Gasteiger partial charge in [-0.1, -0.05) is 18.5 Å². The molecule has 1 N–H and O–H groups in total. The maximum atomic E-state index is 12.8. The largest absolute Gasteiger partial charge is 0.350 e. The maximum absolute atomic E-state index is 12.8. The van der Waals surface area contributed by atoms with Crippen LogP contribution in [0.5, 0.6) is 0 Å². The van der Waals surface area contributed by atoms with E-state index in [-0.39, 0.29) is 23.9 Å². The van der Waals surface area contributed by atoms with Crippen molar-refractivity contribution in [1.29, 1.82) is 0 Å². The molecule has 0 aliphatic rings. The third kappa shape index (κ3) is 5.75. The van der Waals surface area contributed by atoms with Gasteiger partial charge in [-0.25, -0.2) is 0 Å². The molecule has 1 atom stereocenters. The van der Waals surface area contributed by atoms with Crippen LogP contribution in [0.3, 0.4) is 0 Å². The van der Waals surface area contributed by atoms with Crippen molar-refractivity contribution in [3.8, 4) is 11.4 Å². The van der Waals surface area contributed by atoms with Crippen molar-refractivity contribution in [3.63, 3.8) is 0 Å². The lowest BCUT2D eigenvalue weighted by atomic mass is 10.1. The third-order valence-corrected chi connectivity index (χ3v) is 4.00. The summed E-state index contributed by atoms with van der Waals surface area (Å²) in [5.74, 6) is -0.0609. The highest BCUT2D eigenvalue weighted by molar-refractivity contribution is 6.30. The van der Waals surface area contributed by atoms with Crippen molar-refractivity contribution in [2.75, 3.05) is 13.6 Å². The molecule has 8 nitrogen and oxygen atoms in total. The highest BCUT2D eigenvalue weighted by Gasteiger charge is 2.27. The fourth-order valence-electron chi connectivity index (χ4n) is 2.51. The molecular weight excluding hydrogens is 368 g/mol. The highest BCUT2D eigenvalue weighted by Crippen LogP contribution is 2.19. The minimum absolute atomic E-state index is 0.0364. The van der Waals surface area contributed by atoms with Crippen molar-refractivity contribution in [2.45, 2.75) is 45.7 Å². The van der Waals surface area contributed by atoms with Crippen LogP contribution in [-0.4, -0.2) is 56.1 Å². The van der Waals surface area contributed by atoms with Gasteiger partial charge in [0.15, 0.2) is 6.04 Å². The van der Waals surface area contributed by atoms with Crippen LogP contribution < -0.4 is 5.32 Å². The van der Waals surface area contributed by atoms with Gasteiger partial charge in [0, 0.05) is 23.2 Å². The van der Waals surface area contributed by atoms with Crippen LogP contribution in [0.4, 0.5) is 0 Å². The van der Waals surface area contributed by atoms with E-state index in [9.17, 15) is 9.59 Å². The second kappa shape index (κ2) is 8.47. The van der Waals surface area contributed by atoms with Gasteiger partial charge in [-0.05, 0) is 56.7 Å². The van der Waals surface area contributed by atoms with Crippen molar-refractivity contribution >= 4 is 23.4 Å². The number of benzene rings is 1. The number of likely N-dealkylation sites (N-methyl/N-ethyl adjacent to an activating group) is 1. The number of tetrazole rings is 1. The topological polar surface area (TPSA) is 93.0 Å². The van der Waals surface area contributed by atoms with E-state index < -0.39 is 6.04 Å². The number of nitrogens with zero attached hydrogens (tertiary/aromatic N) is 5. The Balaban J connectivity index is 2.10. The molecule has 1 aromatic heterocycles. The predicted octanol–water partition coefficient (Wildman–Crippen LogP) is 2.32. The fourth-order valence-corrected chi connectivity index (χ4v) is 2.64. The van der Waals surface area contributed by atoms with E-state index in [4.69, 9.17) is 11.6 Å². The summed E-state index contributed by atoms with van der Waals surface area (Å²) in [6.07, 6.45) is 0.473. The highest BCUT2D eigenvalue weighted by atomic mass is 35.5. The van der Waals surface area contributed by atoms with Gasteiger partial charge in [0.05, 0.1) is 6.54 Å². The number of carbonyl (C=O) groups excluding carboxylic acids is 2. The Morgan fingerprint density at radius 3 is 2.44 bits per heavy atom. The lowest BCUT2D eigenvalue weighted by molar-refractivity contribution is -0.138. The van der Waals surface area contributed by atoms with Gasteiger partial charge in [0.25, 0.3) is 0 Å². The summed E-state index contributed by atoms with van der Waals surface area (Å²) in [7, 11) is 1.59. The van der Waals surface area contributed by atoms with Gasteiger partial charge in [-0.2, -0.15) is 4.80 Å². The van der Waals surface area contributed by atoms with Crippen molar-refractivity contribution in [1.82, 2.24) is 30.4 Å². The molecule has 9 heteroatoms. The number of aromatic nitrogens is 4. The molecule has 1 heterocycles. The van der Waals surface area contributed by atoms with E-state index >= 15 is 0 Å². The molecule has 0 saturated carbocycles. The second-order valence-corrected chi connectivity index (χ2v) is 7.79. The molecule has 0 spiro atoms. The van der Waals surface area contributed by atoms with E-state index in [0.717, 1.165) is 5.56 Å². The zero-order chi connectivity index (χ0) is 20.2. The normalized spacial score (nSPS) is 12.5. The first kappa shape index (κ1) is 20.8. The molecule has 1 unspecified atom stereocenters. The van der Waals surface area contributed by atoms with E-state index in [2.05, 4.69) is 20.7 Å². The quantitative estimate of drug-likeness (QED) is 0.814. The van der Waals surface area contributed by atoms with Crippen molar-refractivity contribution in [2.24, 2.45) is 0 Å². The van der Waals surface area contributed by atoms with Crippen LogP contribution in [0.25, 0.3) is 11.4 Å². The molecule has 0 aliphatic carbocycles. The summed E-state index contributed by atoms with van der Waals surface area (Å²) in [5.41, 5.74) is 0.400. The summed E-state index contributed by atoms with van der Waals surface area (Å²) in [6, 6.07) is 6.42. The average Bonchev–Trinajstić information content (AvgIpc) is 3.03. The van der Waals surface area contributed by atoms with Crippen molar-refractivity contribution in [3.05, 3.63) is 29.3 Å². The molecule has 0 radical (unpaired) electrons. The Morgan fingerprint density at radius 2 is 1.89 bits per heavy atom. The molecular formula is C18H25ClN6O2. The Morgan fingerprint density at radius 1 is 1.26 bits per heavy atom. The van der Waals surface area contributed by atoms with Gasteiger partial charge >= 0.3 is 0 Å². The number of carbonyl (C=O) groups is 2. The molecule has 0 saturated heterocycles. The predicted molar refractivity (Wildman–Crippen MR) is 103 cm³/mol. The first-order valence-electron chi connectivity index (χ1n) is 8.72. The van der Waals surface area contributed by atoms with Gasteiger partial charge in [0.1, 0.15) is 0 Å². The monoisotopic (exact) mass is 392 g/mol. The minimum Gasteiger partial charge on any atom is -0.350 e. The number of nitrogens with one attached hydrogen (secondary N) is 1. The number of hydrogen-bond acceptors (Lipinski definition) is 5. The Hall–Kier alpha value is -2.48. The van der Waals surface area contributed by atoms with Crippen LogP contribution in [-0.2, 0) is 9.59 Å². The zero-order valence-electron chi connectivity index (χ0n) is 16.2. The summed E-state index contributed by atoms with van der Waals surface area (Å²) < 4.78 is 0.